The van der Waals surface area contributed by atoms with E-state index in [9.17, 15) is 4.79 Å². The molecule has 0 saturated carbocycles. The van der Waals surface area contributed by atoms with Gasteiger partial charge in [0.05, 0.1) is 13.0 Å². The average Bonchev–Trinajstić information content (AvgIpc) is 3.38. The van der Waals surface area contributed by atoms with Crippen LogP contribution in [0.25, 0.3) is 11.4 Å². The summed E-state index contributed by atoms with van der Waals surface area (Å²) in [6.07, 6.45) is 4.04. The van der Waals surface area contributed by atoms with Gasteiger partial charge in [-0.25, -0.2) is 0 Å². The van der Waals surface area contributed by atoms with Gasteiger partial charge >= 0.3 is 6.01 Å². The van der Waals surface area contributed by atoms with E-state index in [0.29, 0.717) is 18.4 Å². The molecular weight excluding hydrogens is 432 g/mol. The first-order valence-electron chi connectivity index (χ1n) is 12.6. The van der Waals surface area contributed by atoms with Crippen molar-refractivity contribution in [3.8, 4) is 17.1 Å². The zero-order valence-electron chi connectivity index (χ0n) is 20.5. The van der Waals surface area contributed by atoms with Crippen molar-refractivity contribution in [3.05, 3.63) is 24.3 Å². The van der Waals surface area contributed by atoms with Crippen molar-refractivity contribution in [1.82, 2.24) is 25.3 Å². The highest BCUT2D eigenvalue weighted by atomic mass is 16.5. The van der Waals surface area contributed by atoms with E-state index in [4.69, 9.17) is 9.26 Å². The normalized spacial score (nSPS) is 19.8. The number of rotatable bonds is 10. The highest BCUT2D eigenvalue weighted by Crippen LogP contribution is 2.26. The summed E-state index contributed by atoms with van der Waals surface area (Å²) >= 11 is 0. The number of anilines is 1. The molecule has 2 aliphatic rings. The number of amides is 1. The molecule has 1 aromatic heterocycles. The number of piperidine rings is 1. The standard InChI is InChI=1S/C25H38N6O3/c1-3-12-29-15-17-30(18-16-29)13-5-11-26-24(32)21-6-4-14-31(19-21)25-27-23(28-34-25)20-7-9-22(33-2)10-8-20/h7-10,21H,3-6,11-19H2,1-2H3,(H,26,32)/t21-/m0/s1. The summed E-state index contributed by atoms with van der Waals surface area (Å²) in [6.45, 7) is 11.2. The van der Waals surface area contributed by atoms with Gasteiger partial charge in [-0.2, -0.15) is 4.98 Å². The highest BCUT2D eigenvalue weighted by molar-refractivity contribution is 5.79. The molecule has 0 spiro atoms. The van der Waals surface area contributed by atoms with Crippen molar-refractivity contribution in [2.75, 3.05) is 70.9 Å². The van der Waals surface area contributed by atoms with Crippen LogP contribution >= 0.6 is 0 Å². The van der Waals surface area contributed by atoms with Crippen LogP contribution in [-0.4, -0.2) is 91.9 Å². The monoisotopic (exact) mass is 470 g/mol. The van der Waals surface area contributed by atoms with Crippen molar-refractivity contribution in [1.29, 1.82) is 0 Å². The zero-order valence-corrected chi connectivity index (χ0v) is 20.5. The van der Waals surface area contributed by atoms with Crippen LogP contribution in [0.5, 0.6) is 5.75 Å². The van der Waals surface area contributed by atoms with Gasteiger partial charge in [-0.15, -0.1) is 0 Å². The van der Waals surface area contributed by atoms with Crippen LogP contribution in [0.3, 0.4) is 0 Å². The number of nitrogens with one attached hydrogen (secondary N) is 1. The molecule has 2 aliphatic heterocycles. The van der Waals surface area contributed by atoms with E-state index >= 15 is 0 Å². The molecule has 186 valence electrons. The van der Waals surface area contributed by atoms with E-state index in [1.807, 2.05) is 29.2 Å². The fourth-order valence-electron chi connectivity index (χ4n) is 4.78. The maximum Gasteiger partial charge on any atom is 0.324 e. The van der Waals surface area contributed by atoms with Gasteiger partial charge < -0.3 is 29.3 Å². The topological polar surface area (TPSA) is 87.0 Å². The Bertz CT molecular complexity index is 894. The second kappa shape index (κ2) is 12.2. The van der Waals surface area contributed by atoms with Gasteiger partial charge in [-0.1, -0.05) is 12.1 Å². The molecule has 0 aliphatic carbocycles. The molecule has 3 heterocycles. The smallest absolute Gasteiger partial charge is 0.324 e. The number of ether oxygens (including phenoxy) is 1. The fraction of sp³-hybridized carbons (Fsp3) is 0.640. The summed E-state index contributed by atoms with van der Waals surface area (Å²) in [4.78, 5) is 24.4. The molecule has 2 saturated heterocycles. The molecule has 2 aromatic rings. The van der Waals surface area contributed by atoms with Gasteiger partial charge in [0, 0.05) is 51.4 Å². The third-order valence-corrected chi connectivity index (χ3v) is 6.78. The summed E-state index contributed by atoms with van der Waals surface area (Å²) in [6, 6.07) is 8.04. The summed E-state index contributed by atoms with van der Waals surface area (Å²) in [5.74, 6) is 1.40. The predicted molar refractivity (Wildman–Crippen MR) is 132 cm³/mol. The van der Waals surface area contributed by atoms with Crippen molar-refractivity contribution in [2.24, 2.45) is 5.92 Å². The Morgan fingerprint density at radius 3 is 2.56 bits per heavy atom. The van der Waals surface area contributed by atoms with Crippen LogP contribution in [0.4, 0.5) is 6.01 Å². The molecule has 0 unspecified atom stereocenters. The zero-order chi connectivity index (χ0) is 23.8. The van der Waals surface area contributed by atoms with Gasteiger partial charge in [-0.05, 0) is 63.0 Å². The fourth-order valence-corrected chi connectivity index (χ4v) is 4.78. The Morgan fingerprint density at radius 1 is 1.12 bits per heavy atom. The molecular formula is C25H38N6O3. The number of benzene rings is 1. The molecule has 1 N–H and O–H groups in total. The lowest BCUT2D eigenvalue weighted by Gasteiger charge is -2.34. The van der Waals surface area contributed by atoms with E-state index in [0.717, 1.165) is 76.4 Å². The number of aromatic nitrogens is 2. The SMILES string of the molecule is CCCN1CCN(CCCNC(=O)[C@H]2CCCN(c3nc(-c4ccc(OC)cc4)no3)C2)CC1. The van der Waals surface area contributed by atoms with Crippen LogP contribution in [0.2, 0.25) is 0 Å². The van der Waals surface area contributed by atoms with Crippen molar-refractivity contribution in [2.45, 2.75) is 32.6 Å². The Balaban J connectivity index is 1.20. The third-order valence-electron chi connectivity index (χ3n) is 6.78. The second-order valence-electron chi connectivity index (χ2n) is 9.24. The number of carbonyl (C=O) groups excluding carboxylic acids is 1. The van der Waals surface area contributed by atoms with Crippen molar-refractivity contribution < 1.29 is 14.1 Å². The first-order chi connectivity index (χ1) is 16.7. The van der Waals surface area contributed by atoms with Crippen LogP contribution < -0.4 is 15.0 Å². The largest absolute Gasteiger partial charge is 0.497 e. The quantitative estimate of drug-likeness (QED) is 0.530. The van der Waals surface area contributed by atoms with E-state index < -0.39 is 0 Å². The number of hydrogen-bond donors (Lipinski definition) is 1. The summed E-state index contributed by atoms with van der Waals surface area (Å²) in [5, 5.41) is 7.28. The molecule has 0 bridgehead atoms. The number of methoxy groups -OCH3 is 1. The number of carbonyl (C=O) groups is 1. The average molecular weight is 471 g/mol. The molecule has 4 rings (SSSR count). The second-order valence-corrected chi connectivity index (χ2v) is 9.24. The first-order valence-corrected chi connectivity index (χ1v) is 12.6. The van der Waals surface area contributed by atoms with Crippen LogP contribution in [-0.2, 0) is 4.79 Å². The molecule has 1 aromatic carbocycles. The first kappa shape index (κ1) is 24.5. The number of piperazine rings is 1. The van der Waals surface area contributed by atoms with Crippen LogP contribution in [0.15, 0.2) is 28.8 Å². The van der Waals surface area contributed by atoms with Gasteiger partial charge in [-0.3, -0.25) is 4.79 Å². The number of nitrogens with zero attached hydrogens (tertiary/aromatic N) is 5. The van der Waals surface area contributed by atoms with Crippen molar-refractivity contribution in [3.63, 3.8) is 0 Å². The third kappa shape index (κ3) is 6.48. The van der Waals surface area contributed by atoms with E-state index in [-0.39, 0.29) is 11.8 Å². The van der Waals surface area contributed by atoms with Gasteiger partial charge in [0.15, 0.2) is 0 Å². The summed E-state index contributed by atoms with van der Waals surface area (Å²) in [5.41, 5.74) is 0.869. The summed E-state index contributed by atoms with van der Waals surface area (Å²) in [7, 11) is 1.64. The minimum Gasteiger partial charge on any atom is -0.497 e. The predicted octanol–water partition coefficient (Wildman–Crippen LogP) is 2.50. The van der Waals surface area contributed by atoms with E-state index in [2.05, 4.69) is 32.2 Å². The molecule has 2 fully saturated rings. The lowest BCUT2D eigenvalue weighted by molar-refractivity contribution is -0.125. The minimum absolute atomic E-state index is 0.0531. The molecule has 34 heavy (non-hydrogen) atoms. The Labute approximate surface area is 202 Å². The summed E-state index contributed by atoms with van der Waals surface area (Å²) < 4.78 is 10.7. The van der Waals surface area contributed by atoms with E-state index in [1.54, 1.807) is 7.11 Å². The lowest BCUT2D eigenvalue weighted by Crippen LogP contribution is -2.47. The van der Waals surface area contributed by atoms with Crippen molar-refractivity contribution >= 4 is 11.9 Å². The Morgan fingerprint density at radius 2 is 1.85 bits per heavy atom. The van der Waals surface area contributed by atoms with Crippen LogP contribution in [0, 0.1) is 5.92 Å². The Kier molecular flexibility index (Phi) is 8.76. The van der Waals surface area contributed by atoms with Gasteiger partial charge in [0.25, 0.3) is 0 Å². The highest BCUT2D eigenvalue weighted by Gasteiger charge is 2.28. The molecule has 0 radical (unpaired) electrons. The maximum atomic E-state index is 12.8. The lowest BCUT2D eigenvalue weighted by atomic mass is 9.97. The maximum absolute atomic E-state index is 12.8. The Hall–Kier alpha value is -2.65. The molecule has 1 atom stereocenters. The van der Waals surface area contributed by atoms with Crippen LogP contribution in [0.1, 0.15) is 32.6 Å². The van der Waals surface area contributed by atoms with E-state index in [1.165, 1.54) is 13.0 Å². The molecule has 9 nitrogen and oxygen atoms in total. The van der Waals surface area contributed by atoms with Gasteiger partial charge in [0.1, 0.15) is 5.75 Å². The molecule has 9 heteroatoms. The molecule has 1 amide bonds. The minimum atomic E-state index is -0.0531. The van der Waals surface area contributed by atoms with Gasteiger partial charge in [0.2, 0.25) is 11.7 Å². The number of hydrogen-bond acceptors (Lipinski definition) is 8.